The third-order valence-electron chi connectivity index (χ3n) is 4.57. The van der Waals surface area contributed by atoms with Gasteiger partial charge in [0, 0.05) is 29.4 Å². The number of carboxylic acids is 1. The van der Waals surface area contributed by atoms with Crippen molar-refractivity contribution in [3.8, 4) is 0 Å². The predicted molar refractivity (Wildman–Crippen MR) is 86.4 cm³/mol. The number of hydrogen-bond donors (Lipinski definition) is 2. The fourth-order valence-corrected chi connectivity index (χ4v) is 2.90. The summed E-state index contributed by atoms with van der Waals surface area (Å²) in [4.78, 5) is 35.2. The molecule has 0 bridgehead atoms. The van der Waals surface area contributed by atoms with Gasteiger partial charge in [-0.25, -0.2) is 0 Å². The average molecular weight is 373 g/mol. The van der Waals surface area contributed by atoms with Crippen LogP contribution in [0.15, 0.2) is 18.2 Å². The average Bonchev–Trinajstić information content (AvgIpc) is 3.28. The van der Waals surface area contributed by atoms with Crippen molar-refractivity contribution < 1.29 is 49.0 Å². The summed E-state index contributed by atoms with van der Waals surface area (Å²) in [6.45, 7) is 0.620. The molecule has 8 heteroatoms. The van der Waals surface area contributed by atoms with Crippen molar-refractivity contribution in [2.45, 2.75) is 25.7 Å². The van der Waals surface area contributed by atoms with Gasteiger partial charge in [0.05, 0.1) is 11.3 Å². The van der Waals surface area contributed by atoms with Crippen LogP contribution in [0, 0.1) is 17.8 Å². The van der Waals surface area contributed by atoms with Crippen molar-refractivity contribution in [2.24, 2.45) is 17.8 Å². The summed E-state index contributed by atoms with van der Waals surface area (Å²) in [5.41, 5.74) is 0.696. The van der Waals surface area contributed by atoms with Crippen molar-refractivity contribution >= 4 is 35.1 Å². The quantitative estimate of drug-likeness (QED) is 0.576. The van der Waals surface area contributed by atoms with Gasteiger partial charge in [-0.1, -0.05) is 11.6 Å². The molecule has 0 aliphatic heterocycles. The molecule has 1 aromatic carbocycles. The van der Waals surface area contributed by atoms with E-state index in [-0.39, 0.29) is 60.1 Å². The number of amides is 2. The molecule has 2 N–H and O–H groups in total. The van der Waals surface area contributed by atoms with Gasteiger partial charge in [-0.2, -0.15) is 0 Å². The molecule has 3 rings (SSSR count). The minimum absolute atomic E-state index is 0. The number of halogens is 1. The molecule has 2 saturated carbocycles. The number of rotatable bonds is 6. The third kappa shape index (κ3) is 5.20. The molecule has 0 atom stereocenters. The van der Waals surface area contributed by atoms with Crippen LogP contribution in [-0.2, 0) is 9.59 Å². The summed E-state index contributed by atoms with van der Waals surface area (Å²) in [5, 5.41) is 16.7. The predicted octanol–water partition coefficient (Wildman–Crippen LogP) is -1.80. The number of nitrogens with one attached hydrogen (secondary N) is 2. The Kier molecular flexibility index (Phi) is 6.91. The van der Waals surface area contributed by atoms with E-state index >= 15 is 0 Å². The van der Waals surface area contributed by atoms with Crippen LogP contribution in [0.4, 0.5) is 5.69 Å². The van der Waals surface area contributed by atoms with Crippen LogP contribution in [0.25, 0.3) is 0 Å². The molecule has 128 valence electrons. The molecule has 0 saturated heterocycles. The largest absolute Gasteiger partial charge is 1.00 e. The van der Waals surface area contributed by atoms with E-state index in [9.17, 15) is 19.5 Å². The zero-order valence-corrected chi connectivity index (χ0v) is 16.8. The molecule has 6 nitrogen and oxygen atoms in total. The van der Waals surface area contributed by atoms with E-state index in [1.165, 1.54) is 6.07 Å². The Labute approximate surface area is 173 Å². The fraction of sp³-hybridized carbons (Fsp3) is 0.471. The maximum atomic E-state index is 12.3. The zero-order chi connectivity index (χ0) is 17.3. The van der Waals surface area contributed by atoms with Crippen LogP contribution < -0.4 is 45.3 Å². The van der Waals surface area contributed by atoms with Gasteiger partial charge in [0.15, 0.2) is 0 Å². The van der Waals surface area contributed by atoms with E-state index in [2.05, 4.69) is 10.6 Å². The van der Waals surface area contributed by atoms with Crippen LogP contribution in [0.2, 0.25) is 5.02 Å². The van der Waals surface area contributed by atoms with E-state index in [4.69, 9.17) is 11.6 Å². The number of anilines is 1. The van der Waals surface area contributed by atoms with E-state index in [1.807, 2.05) is 0 Å². The second-order valence-corrected chi connectivity index (χ2v) is 6.95. The van der Waals surface area contributed by atoms with Crippen LogP contribution in [0.1, 0.15) is 36.0 Å². The normalized spacial score (nSPS) is 21.5. The van der Waals surface area contributed by atoms with Crippen molar-refractivity contribution in [2.75, 3.05) is 11.9 Å². The first kappa shape index (κ1) is 20.2. The van der Waals surface area contributed by atoms with E-state index < -0.39 is 11.9 Å². The number of benzene rings is 1. The molecule has 2 fully saturated rings. The molecular formula is C17H18ClN2NaO4. The van der Waals surface area contributed by atoms with Gasteiger partial charge in [0.2, 0.25) is 5.91 Å². The minimum Gasteiger partial charge on any atom is -0.550 e. The third-order valence-corrected chi connectivity index (χ3v) is 4.81. The summed E-state index contributed by atoms with van der Waals surface area (Å²) in [6.07, 6.45) is 2.79. The van der Waals surface area contributed by atoms with Crippen molar-refractivity contribution in [1.29, 1.82) is 0 Å². The Bertz CT molecular complexity index is 687. The summed E-state index contributed by atoms with van der Waals surface area (Å²) in [7, 11) is 0. The molecule has 0 unspecified atom stereocenters. The van der Waals surface area contributed by atoms with Gasteiger partial charge >= 0.3 is 29.6 Å². The van der Waals surface area contributed by atoms with Crippen molar-refractivity contribution in [1.82, 2.24) is 5.32 Å². The van der Waals surface area contributed by atoms with Gasteiger partial charge in [0.25, 0.3) is 5.91 Å². The van der Waals surface area contributed by atoms with Crippen LogP contribution in [-0.4, -0.2) is 24.3 Å². The van der Waals surface area contributed by atoms with Gasteiger partial charge in [0.1, 0.15) is 0 Å². The van der Waals surface area contributed by atoms with Gasteiger partial charge in [-0.05, 0) is 49.8 Å². The molecule has 2 amide bonds. The molecule has 2 aliphatic carbocycles. The number of aliphatic carboxylic acids is 1. The molecule has 1 aromatic rings. The van der Waals surface area contributed by atoms with Crippen LogP contribution >= 0.6 is 11.6 Å². The summed E-state index contributed by atoms with van der Waals surface area (Å²) in [5.74, 6) is -2.07. The standard InChI is InChI=1S/C17H19ClN2O4.Na/c18-12-3-4-14(13(7-12)16(22)19-8-9-1-2-9)20-15(21)10-5-11(6-10)17(23)24;/h3-4,7,9-11H,1-2,5-6,8H2,(H,19,22)(H,20,21)(H,23,24);/q;+1/p-1. The van der Waals surface area contributed by atoms with E-state index in [0.29, 0.717) is 28.7 Å². The fourth-order valence-electron chi connectivity index (χ4n) is 2.73. The second kappa shape index (κ2) is 8.54. The molecule has 0 spiro atoms. The first-order valence-corrected chi connectivity index (χ1v) is 8.41. The Morgan fingerprint density at radius 2 is 1.84 bits per heavy atom. The van der Waals surface area contributed by atoms with Gasteiger partial charge in [-0.3, -0.25) is 9.59 Å². The summed E-state index contributed by atoms with van der Waals surface area (Å²) < 4.78 is 0. The summed E-state index contributed by atoms with van der Waals surface area (Å²) >= 11 is 5.96. The van der Waals surface area contributed by atoms with Crippen LogP contribution in [0.5, 0.6) is 0 Å². The monoisotopic (exact) mass is 372 g/mol. The smallest absolute Gasteiger partial charge is 0.550 e. The first-order valence-electron chi connectivity index (χ1n) is 8.03. The maximum Gasteiger partial charge on any atom is 1.00 e. The Balaban J connectivity index is 0.00000225. The molecule has 0 aromatic heterocycles. The van der Waals surface area contributed by atoms with Crippen molar-refractivity contribution in [3.05, 3.63) is 28.8 Å². The number of hydrogen-bond acceptors (Lipinski definition) is 4. The van der Waals surface area contributed by atoms with E-state index in [1.54, 1.807) is 12.1 Å². The SMILES string of the molecule is O=C(NCC1CC1)c1cc(Cl)ccc1NC(=O)C1CC(C(=O)[O-])C1.[Na+]. The molecule has 2 aliphatic rings. The number of carbonyl (C=O) groups excluding carboxylic acids is 3. The number of carbonyl (C=O) groups is 3. The van der Waals surface area contributed by atoms with Gasteiger partial charge < -0.3 is 20.5 Å². The Morgan fingerprint density at radius 3 is 2.44 bits per heavy atom. The van der Waals surface area contributed by atoms with Crippen molar-refractivity contribution in [3.63, 3.8) is 0 Å². The number of carboxylic acid groups (broad SMARTS) is 1. The van der Waals surface area contributed by atoms with Crippen LogP contribution in [0.3, 0.4) is 0 Å². The first-order chi connectivity index (χ1) is 11.4. The molecule has 0 radical (unpaired) electrons. The molecular weight excluding hydrogens is 355 g/mol. The second-order valence-electron chi connectivity index (χ2n) is 6.52. The Hall–Kier alpha value is -1.08. The van der Waals surface area contributed by atoms with Gasteiger partial charge in [-0.15, -0.1) is 0 Å². The maximum absolute atomic E-state index is 12.3. The molecule has 25 heavy (non-hydrogen) atoms. The Morgan fingerprint density at radius 1 is 1.16 bits per heavy atom. The van der Waals surface area contributed by atoms with E-state index in [0.717, 1.165) is 12.8 Å². The minimum atomic E-state index is -1.12. The molecule has 0 heterocycles. The zero-order valence-electron chi connectivity index (χ0n) is 14.0. The summed E-state index contributed by atoms with van der Waals surface area (Å²) in [6, 6.07) is 4.70. The topological polar surface area (TPSA) is 98.3 Å².